The fourth-order valence-corrected chi connectivity index (χ4v) is 2.60. The first-order chi connectivity index (χ1) is 11.8. The molecule has 5 heteroatoms. The molecular formula is C20H24N4O. The predicted molar refractivity (Wildman–Crippen MR) is 98.2 cm³/mol. The smallest absolute Gasteiger partial charge is 0.234 e. The van der Waals surface area contributed by atoms with Gasteiger partial charge < -0.3 is 9.69 Å². The van der Waals surface area contributed by atoms with E-state index in [9.17, 15) is 4.79 Å². The van der Waals surface area contributed by atoms with Gasteiger partial charge in [-0.05, 0) is 22.6 Å². The van der Waals surface area contributed by atoms with E-state index in [-0.39, 0.29) is 17.2 Å². The van der Waals surface area contributed by atoms with E-state index in [2.05, 4.69) is 35.6 Å². The maximum absolute atomic E-state index is 10.9. The number of nitrogens with zero attached hydrogens (tertiary/aromatic N) is 4. The molecule has 1 heterocycles. The van der Waals surface area contributed by atoms with Crippen LogP contribution in [0.2, 0.25) is 0 Å². The van der Waals surface area contributed by atoms with Gasteiger partial charge in [-0.1, -0.05) is 52.0 Å². The summed E-state index contributed by atoms with van der Waals surface area (Å²) in [5, 5.41) is 9.05. The number of aldehydes is 1. The molecule has 25 heavy (non-hydrogen) atoms. The fraction of sp³-hybridized carbons (Fsp3) is 0.400. The molecule has 2 aromatic rings. The van der Waals surface area contributed by atoms with E-state index in [0.717, 1.165) is 29.8 Å². The van der Waals surface area contributed by atoms with Crippen LogP contribution in [0.1, 0.15) is 50.6 Å². The topological polar surface area (TPSA) is 69.9 Å². The quantitative estimate of drug-likeness (QED) is 0.752. The van der Waals surface area contributed by atoms with E-state index < -0.39 is 0 Å². The number of hydrogen-bond donors (Lipinski definition) is 0. The van der Waals surface area contributed by atoms with E-state index in [1.807, 2.05) is 43.3 Å². The third-order valence-electron chi connectivity index (χ3n) is 3.81. The molecule has 2 rings (SSSR count). The SMILES string of the molecule is CC(C=O)c1ccc(CN(CC(C)(C)C)c2ccnc(C#N)n2)cc1. The zero-order chi connectivity index (χ0) is 18.4. The molecule has 1 aromatic heterocycles. The average molecular weight is 336 g/mol. The molecule has 0 fully saturated rings. The highest BCUT2D eigenvalue weighted by Gasteiger charge is 2.19. The second-order valence-corrected chi connectivity index (χ2v) is 7.43. The van der Waals surface area contributed by atoms with Crippen molar-refractivity contribution in [3.63, 3.8) is 0 Å². The van der Waals surface area contributed by atoms with E-state index in [1.54, 1.807) is 6.20 Å². The molecule has 1 aromatic carbocycles. The Morgan fingerprint density at radius 2 is 1.92 bits per heavy atom. The summed E-state index contributed by atoms with van der Waals surface area (Å²) >= 11 is 0. The number of benzene rings is 1. The Balaban J connectivity index is 2.27. The van der Waals surface area contributed by atoms with Crippen LogP contribution in [0.25, 0.3) is 0 Å². The lowest BCUT2D eigenvalue weighted by Gasteiger charge is -2.31. The molecule has 0 spiro atoms. The highest BCUT2D eigenvalue weighted by molar-refractivity contribution is 5.61. The lowest BCUT2D eigenvalue weighted by atomic mass is 9.95. The van der Waals surface area contributed by atoms with Gasteiger partial charge in [-0.25, -0.2) is 9.97 Å². The highest BCUT2D eigenvalue weighted by Crippen LogP contribution is 2.23. The van der Waals surface area contributed by atoms with Gasteiger partial charge in [0.15, 0.2) is 0 Å². The van der Waals surface area contributed by atoms with Gasteiger partial charge in [0, 0.05) is 25.2 Å². The Morgan fingerprint density at radius 1 is 1.24 bits per heavy atom. The number of carbonyl (C=O) groups is 1. The number of hydrogen-bond acceptors (Lipinski definition) is 5. The van der Waals surface area contributed by atoms with Crippen LogP contribution >= 0.6 is 0 Å². The van der Waals surface area contributed by atoms with Gasteiger partial charge in [0.1, 0.15) is 18.2 Å². The molecule has 130 valence electrons. The summed E-state index contributed by atoms with van der Waals surface area (Å²) in [6.07, 6.45) is 2.57. The van der Waals surface area contributed by atoms with Gasteiger partial charge in [-0.3, -0.25) is 0 Å². The summed E-state index contributed by atoms with van der Waals surface area (Å²) < 4.78 is 0. The van der Waals surface area contributed by atoms with Crippen molar-refractivity contribution in [3.05, 3.63) is 53.5 Å². The molecule has 0 N–H and O–H groups in total. The molecule has 0 aliphatic heterocycles. The second kappa shape index (κ2) is 7.89. The third kappa shape index (κ3) is 5.39. The van der Waals surface area contributed by atoms with Crippen LogP contribution in [0.4, 0.5) is 5.82 Å². The van der Waals surface area contributed by atoms with Gasteiger partial charge in [-0.15, -0.1) is 0 Å². The molecule has 0 aliphatic rings. The summed E-state index contributed by atoms with van der Waals surface area (Å²) in [4.78, 5) is 21.4. The van der Waals surface area contributed by atoms with Crippen molar-refractivity contribution >= 4 is 12.1 Å². The predicted octanol–water partition coefficient (Wildman–Crippen LogP) is 3.70. The Hall–Kier alpha value is -2.74. The number of rotatable bonds is 6. The fourth-order valence-electron chi connectivity index (χ4n) is 2.60. The first kappa shape index (κ1) is 18.6. The van der Waals surface area contributed by atoms with Crippen LogP contribution < -0.4 is 4.90 Å². The Morgan fingerprint density at radius 3 is 2.48 bits per heavy atom. The van der Waals surface area contributed by atoms with Crippen molar-refractivity contribution in [2.24, 2.45) is 5.41 Å². The van der Waals surface area contributed by atoms with E-state index >= 15 is 0 Å². The molecule has 0 saturated heterocycles. The zero-order valence-corrected chi connectivity index (χ0v) is 15.2. The third-order valence-corrected chi connectivity index (χ3v) is 3.81. The van der Waals surface area contributed by atoms with Crippen LogP contribution in [-0.2, 0) is 11.3 Å². The minimum absolute atomic E-state index is 0.0731. The summed E-state index contributed by atoms with van der Waals surface area (Å²) in [6.45, 7) is 9.86. The number of carbonyl (C=O) groups excluding carboxylic acids is 1. The Labute approximate surface area is 149 Å². The lowest BCUT2D eigenvalue weighted by Crippen LogP contribution is -2.33. The summed E-state index contributed by atoms with van der Waals surface area (Å²) in [5.74, 6) is 0.818. The summed E-state index contributed by atoms with van der Waals surface area (Å²) in [6, 6.07) is 11.9. The molecule has 0 radical (unpaired) electrons. The Kier molecular flexibility index (Phi) is 5.87. The molecule has 0 aliphatic carbocycles. The maximum Gasteiger partial charge on any atom is 0.234 e. The van der Waals surface area contributed by atoms with Gasteiger partial charge >= 0.3 is 0 Å². The van der Waals surface area contributed by atoms with Crippen molar-refractivity contribution in [2.45, 2.75) is 40.2 Å². The molecule has 1 atom stereocenters. The molecule has 0 bridgehead atoms. The van der Waals surface area contributed by atoms with Crippen LogP contribution in [0.5, 0.6) is 0 Å². The van der Waals surface area contributed by atoms with Crippen molar-refractivity contribution in [1.82, 2.24) is 9.97 Å². The number of anilines is 1. The first-order valence-electron chi connectivity index (χ1n) is 8.34. The maximum atomic E-state index is 10.9. The number of nitriles is 1. The van der Waals surface area contributed by atoms with Crippen LogP contribution in [0, 0.1) is 16.7 Å². The van der Waals surface area contributed by atoms with Gasteiger partial charge in [0.05, 0.1) is 0 Å². The molecular weight excluding hydrogens is 312 g/mol. The zero-order valence-electron chi connectivity index (χ0n) is 15.2. The van der Waals surface area contributed by atoms with Crippen molar-refractivity contribution in [1.29, 1.82) is 5.26 Å². The van der Waals surface area contributed by atoms with E-state index in [0.29, 0.717) is 6.54 Å². The highest BCUT2D eigenvalue weighted by atomic mass is 16.1. The lowest BCUT2D eigenvalue weighted by molar-refractivity contribution is -0.108. The van der Waals surface area contributed by atoms with Crippen molar-refractivity contribution < 1.29 is 4.79 Å². The normalized spacial score (nSPS) is 12.3. The average Bonchev–Trinajstić information content (AvgIpc) is 2.60. The Bertz CT molecular complexity index is 757. The number of aromatic nitrogens is 2. The molecule has 1 unspecified atom stereocenters. The van der Waals surface area contributed by atoms with Crippen molar-refractivity contribution in [3.8, 4) is 6.07 Å². The standard InChI is InChI=1S/C20H24N4O/c1-15(13-25)17-7-5-16(6-8-17)12-24(14-20(2,3)4)19-9-10-22-18(11-21)23-19/h5-10,13,15H,12,14H2,1-4H3. The largest absolute Gasteiger partial charge is 0.352 e. The second-order valence-electron chi connectivity index (χ2n) is 7.43. The molecule has 0 amide bonds. The summed E-state index contributed by atoms with van der Waals surface area (Å²) in [7, 11) is 0. The minimum Gasteiger partial charge on any atom is -0.352 e. The van der Waals surface area contributed by atoms with Gasteiger partial charge in [-0.2, -0.15) is 5.26 Å². The van der Waals surface area contributed by atoms with Gasteiger partial charge in [0.25, 0.3) is 0 Å². The summed E-state index contributed by atoms with van der Waals surface area (Å²) in [5.41, 5.74) is 2.21. The van der Waals surface area contributed by atoms with Crippen LogP contribution in [0.15, 0.2) is 36.5 Å². The van der Waals surface area contributed by atoms with Crippen LogP contribution in [0.3, 0.4) is 0 Å². The monoisotopic (exact) mass is 336 g/mol. The van der Waals surface area contributed by atoms with Gasteiger partial charge in [0.2, 0.25) is 5.82 Å². The van der Waals surface area contributed by atoms with Crippen LogP contribution in [-0.4, -0.2) is 22.8 Å². The minimum atomic E-state index is -0.0974. The van der Waals surface area contributed by atoms with E-state index in [4.69, 9.17) is 5.26 Å². The molecule has 0 saturated carbocycles. The molecule has 5 nitrogen and oxygen atoms in total. The van der Waals surface area contributed by atoms with E-state index in [1.165, 1.54) is 0 Å². The van der Waals surface area contributed by atoms with Crippen molar-refractivity contribution in [2.75, 3.05) is 11.4 Å². The first-order valence-corrected chi connectivity index (χ1v) is 8.34.